The second kappa shape index (κ2) is 12.0. The van der Waals surface area contributed by atoms with E-state index in [1.807, 2.05) is 20.8 Å². The summed E-state index contributed by atoms with van der Waals surface area (Å²) in [7, 11) is 0. The summed E-state index contributed by atoms with van der Waals surface area (Å²) < 4.78 is 31.1. The van der Waals surface area contributed by atoms with Gasteiger partial charge in [0, 0.05) is 19.1 Å². The summed E-state index contributed by atoms with van der Waals surface area (Å²) in [5, 5.41) is 15.9. The van der Waals surface area contributed by atoms with E-state index in [2.05, 4.69) is 10.6 Å². The molecular weight excluding hydrogens is 479 g/mol. The molecule has 0 aromatic heterocycles. The van der Waals surface area contributed by atoms with Gasteiger partial charge < -0.3 is 30.0 Å². The molecule has 0 unspecified atom stereocenters. The SMILES string of the molecule is CCOc1c(C(=O)N[C@H]2CCOC[C@@H]2O)cc(Cc2ccc(C(=O)NCC3COC3)c(F)c2)c(C)c1C. The molecule has 0 radical (unpaired) electrons. The molecule has 2 heterocycles. The molecule has 2 atom stereocenters. The monoisotopic (exact) mass is 514 g/mol. The molecule has 2 fully saturated rings. The number of ether oxygens (including phenoxy) is 3. The summed E-state index contributed by atoms with van der Waals surface area (Å²) in [4.78, 5) is 25.7. The van der Waals surface area contributed by atoms with Crippen LogP contribution in [-0.2, 0) is 15.9 Å². The third kappa shape index (κ3) is 6.29. The topological polar surface area (TPSA) is 106 Å². The summed E-state index contributed by atoms with van der Waals surface area (Å²) >= 11 is 0. The molecule has 0 bridgehead atoms. The Balaban J connectivity index is 1.55. The van der Waals surface area contributed by atoms with Crippen molar-refractivity contribution < 1.29 is 33.3 Å². The highest BCUT2D eigenvalue weighted by Crippen LogP contribution is 2.31. The first kappa shape index (κ1) is 27.0. The lowest BCUT2D eigenvalue weighted by Crippen LogP contribution is -2.48. The maximum atomic E-state index is 14.9. The minimum Gasteiger partial charge on any atom is -0.493 e. The average Bonchev–Trinajstić information content (AvgIpc) is 2.84. The van der Waals surface area contributed by atoms with Gasteiger partial charge in [-0.15, -0.1) is 0 Å². The van der Waals surface area contributed by atoms with E-state index in [4.69, 9.17) is 14.2 Å². The Morgan fingerprint density at radius 3 is 2.51 bits per heavy atom. The lowest BCUT2D eigenvalue weighted by molar-refractivity contribution is -0.0298. The number of rotatable bonds is 9. The fourth-order valence-corrected chi connectivity index (χ4v) is 4.59. The molecule has 2 aliphatic heterocycles. The summed E-state index contributed by atoms with van der Waals surface area (Å²) in [6.07, 6.45) is 0.111. The zero-order valence-electron chi connectivity index (χ0n) is 21.6. The highest BCUT2D eigenvalue weighted by atomic mass is 19.1. The number of carbonyl (C=O) groups is 2. The van der Waals surface area contributed by atoms with E-state index in [1.165, 1.54) is 12.1 Å². The zero-order chi connectivity index (χ0) is 26.5. The van der Waals surface area contributed by atoms with Gasteiger partial charge in [-0.25, -0.2) is 4.39 Å². The van der Waals surface area contributed by atoms with Gasteiger partial charge in [0.2, 0.25) is 0 Å². The van der Waals surface area contributed by atoms with Crippen LogP contribution in [0.25, 0.3) is 0 Å². The highest BCUT2D eigenvalue weighted by molar-refractivity contribution is 5.98. The van der Waals surface area contributed by atoms with Crippen molar-refractivity contribution in [3.63, 3.8) is 0 Å². The molecule has 2 aliphatic rings. The van der Waals surface area contributed by atoms with E-state index in [-0.39, 0.29) is 24.0 Å². The third-order valence-electron chi connectivity index (χ3n) is 7.06. The van der Waals surface area contributed by atoms with Crippen molar-refractivity contribution in [1.29, 1.82) is 0 Å². The Morgan fingerprint density at radius 1 is 1.08 bits per heavy atom. The number of benzene rings is 2. The molecule has 8 nitrogen and oxygen atoms in total. The molecule has 0 spiro atoms. The number of amides is 2. The first-order valence-electron chi connectivity index (χ1n) is 12.7. The second-order valence-corrected chi connectivity index (χ2v) is 9.71. The van der Waals surface area contributed by atoms with Crippen LogP contribution >= 0.6 is 0 Å². The lowest BCUT2D eigenvalue weighted by Gasteiger charge is -2.29. The smallest absolute Gasteiger partial charge is 0.255 e. The number of aliphatic hydroxyl groups excluding tert-OH is 1. The quantitative estimate of drug-likeness (QED) is 0.475. The molecule has 2 amide bonds. The predicted molar refractivity (Wildman–Crippen MR) is 136 cm³/mol. The number of aliphatic hydroxyl groups is 1. The molecule has 2 aromatic carbocycles. The van der Waals surface area contributed by atoms with E-state index in [9.17, 15) is 19.1 Å². The Morgan fingerprint density at radius 2 is 1.86 bits per heavy atom. The Labute approximate surface area is 216 Å². The zero-order valence-corrected chi connectivity index (χ0v) is 21.6. The van der Waals surface area contributed by atoms with Crippen molar-refractivity contribution in [2.75, 3.05) is 39.6 Å². The van der Waals surface area contributed by atoms with Crippen LogP contribution in [-0.4, -0.2) is 68.6 Å². The van der Waals surface area contributed by atoms with Gasteiger partial charge in [0.1, 0.15) is 11.6 Å². The molecule has 37 heavy (non-hydrogen) atoms. The molecule has 9 heteroatoms. The Kier molecular flexibility index (Phi) is 8.79. The van der Waals surface area contributed by atoms with Gasteiger partial charge in [-0.3, -0.25) is 9.59 Å². The van der Waals surface area contributed by atoms with E-state index >= 15 is 0 Å². The highest BCUT2D eigenvalue weighted by Gasteiger charge is 2.28. The van der Waals surface area contributed by atoms with E-state index in [1.54, 1.807) is 12.1 Å². The van der Waals surface area contributed by atoms with Gasteiger partial charge in [0.15, 0.2) is 0 Å². The van der Waals surface area contributed by atoms with Crippen molar-refractivity contribution in [1.82, 2.24) is 10.6 Å². The normalized spacial score (nSPS) is 19.7. The van der Waals surface area contributed by atoms with Crippen LogP contribution in [0.5, 0.6) is 5.75 Å². The fourth-order valence-electron chi connectivity index (χ4n) is 4.59. The average molecular weight is 515 g/mol. The van der Waals surface area contributed by atoms with Crippen molar-refractivity contribution in [3.8, 4) is 5.75 Å². The molecule has 3 N–H and O–H groups in total. The number of hydrogen-bond acceptors (Lipinski definition) is 6. The van der Waals surface area contributed by atoms with Crippen LogP contribution in [0.1, 0.15) is 56.3 Å². The van der Waals surface area contributed by atoms with E-state index in [0.717, 1.165) is 16.7 Å². The molecule has 200 valence electrons. The number of hydrogen-bond donors (Lipinski definition) is 3. The van der Waals surface area contributed by atoms with Crippen LogP contribution in [0.4, 0.5) is 4.39 Å². The van der Waals surface area contributed by atoms with Crippen LogP contribution in [0.2, 0.25) is 0 Å². The molecule has 0 aliphatic carbocycles. The minimum absolute atomic E-state index is 0.00123. The van der Waals surface area contributed by atoms with Crippen LogP contribution in [0, 0.1) is 25.6 Å². The number of halogens is 1. The van der Waals surface area contributed by atoms with Gasteiger partial charge in [-0.05, 0) is 74.1 Å². The standard InChI is InChI=1S/C28H35FN2O6/c1-4-37-26-17(3)16(2)20(11-22(26)28(34)31-24-7-8-35-15-25(24)32)9-18-5-6-21(23(29)10-18)27(33)30-12-19-13-36-14-19/h5-6,10-11,19,24-25,32H,4,7-9,12-15H2,1-3H3,(H,30,33)(H,31,34)/t24-,25-/m0/s1. The number of nitrogens with one attached hydrogen (secondary N) is 2. The predicted octanol–water partition coefficient (Wildman–Crippen LogP) is 2.69. The first-order chi connectivity index (χ1) is 17.8. The van der Waals surface area contributed by atoms with E-state index in [0.29, 0.717) is 62.7 Å². The Bertz CT molecular complexity index is 1150. The van der Waals surface area contributed by atoms with Crippen LogP contribution in [0.3, 0.4) is 0 Å². The summed E-state index contributed by atoms with van der Waals surface area (Å²) in [5.74, 6) is -0.602. The molecule has 4 rings (SSSR count). The van der Waals surface area contributed by atoms with Crippen molar-refractivity contribution >= 4 is 11.8 Å². The molecule has 0 saturated carbocycles. The summed E-state index contributed by atoms with van der Waals surface area (Å²) in [6.45, 7) is 8.40. The lowest BCUT2D eigenvalue weighted by atomic mass is 9.92. The van der Waals surface area contributed by atoms with Crippen molar-refractivity contribution in [2.24, 2.45) is 5.92 Å². The van der Waals surface area contributed by atoms with Crippen LogP contribution in [0.15, 0.2) is 24.3 Å². The first-order valence-corrected chi connectivity index (χ1v) is 12.7. The minimum atomic E-state index is -0.778. The van der Waals surface area contributed by atoms with Crippen molar-refractivity contribution in [2.45, 2.75) is 45.8 Å². The molecule has 2 saturated heterocycles. The molecule has 2 aromatic rings. The van der Waals surface area contributed by atoms with Gasteiger partial charge in [-0.1, -0.05) is 6.07 Å². The van der Waals surface area contributed by atoms with Crippen LogP contribution < -0.4 is 15.4 Å². The third-order valence-corrected chi connectivity index (χ3v) is 7.06. The second-order valence-electron chi connectivity index (χ2n) is 9.71. The van der Waals surface area contributed by atoms with Gasteiger partial charge in [0.25, 0.3) is 11.8 Å². The maximum Gasteiger partial charge on any atom is 0.255 e. The Hall–Kier alpha value is -3.01. The fraction of sp³-hybridized carbons (Fsp3) is 0.500. The summed E-state index contributed by atoms with van der Waals surface area (Å²) in [6, 6.07) is 5.95. The largest absolute Gasteiger partial charge is 0.493 e. The summed E-state index contributed by atoms with van der Waals surface area (Å²) in [5.41, 5.74) is 3.66. The van der Waals surface area contributed by atoms with E-state index < -0.39 is 23.9 Å². The molecular formula is C28H35FN2O6. The maximum absolute atomic E-state index is 14.9. The number of carbonyl (C=O) groups excluding carboxylic acids is 2. The van der Waals surface area contributed by atoms with Gasteiger partial charge in [-0.2, -0.15) is 0 Å². The van der Waals surface area contributed by atoms with Crippen molar-refractivity contribution in [3.05, 3.63) is 63.5 Å². The van der Waals surface area contributed by atoms with Gasteiger partial charge >= 0.3 is 0 Å². The van der Waals surface area contributed by atoms with Gasteiger partial charge in [0.05, 0.1) is 49.7 Å².